The second kappa shape index (κ2) is 10.5. The summed E-state index contributed by atoms with van der Waals surface area (Å²) >= 11 is 5.98. The lowest BCUT2D eigenvalue weighted by molar-refractivity contribution is -0.384. The van der Waals surface area contributed by atoms with Crippen LogP contribution in [0.4, 0.5) is 5.69 Å². The Hall–Kier alpha value is -3.46. The van der Waals surface area contributed by atoms with Gasteiger partial charge in [0.15, 0.2) is 0 Å². The van der Waals surface area contributed by atoms with E-state index < -0.39 is 28.7 Å². The summed E-state index contributed by atoms with van der Waals surface area (Å²) in [5, 5.41) is 13.2. The highest BCUT2D eigenvalue weighted by Crippen LogP contribution is 2.22. The van der Waals surface area contributed by atoms with Crippen LogP contribution in [0.15, 0.2) is 42.5 Å². The van der Waals surface area contributed by atoms with Gasteiger partial charge in [0, 0.05) is 17.7 Å². The summed E-state index contributed by atoms with van der Waals surface area (Å²) in [5.41, 5.74) is 5.82. The molecule has 0 saturated carbocycles. The molecule has 0 bridgehead atoms. The molecule has 2 aromatic rings. The molecule has 0 heterocycles. The molecule has 3 N–H and O–H groups in total. The van der Waals surface area contributed by atoms with Crippen molar-refractivity contribution in [3.8, 4) is 0 Å². The van der Waals surface area contributed by atoms with Crippen molar-refractivity contribution >= 4 is 35.0 Å². The lowest BCUT2D eigenvalue weighted by Crippen LogP contribution is -2.54. The minimum absolute atomic E-state index is 0.00855. The van der Waals surface area contributed by atoms with Crippen LogP contribution in [0.2, 0.25) is 5.02 Å². The fourth-order valence-corrected chi connectivity index (χ4v) is 2.98. The van der Waals surface area contributed by atoms with Crippen LogP contribution in [0.5, 0.6) is 0 Å². The van der Waals surface area contributed by atoms with Crippen molar-refractivity contribution in [2.75, 3.05) is 0 Å². The lowest BCUT2D eigenvalue weighted by atomic mass is 10.0. The summed E-state index contributed by atoms with van der Waals surface area (Å²) in [5.74, 6) is -2.11. The molecule has 10 heteroatoms. The van der Waals surface area contributed by atoms with E-state index >= 15 is 0 Å². The topological polar surface area (TPSA) is 130 Å². The van der Waals surface area contributed by atoms with Crippen molar-refractivity contribution in [1.82, 2.24) is 16.2 Å². The monoisotopic (exact) mass is 446 g/mol. The Morgan fingerprint density at radius 3 is 2.19 bits per heavy atom. The second-order valence-electron chi connectivity index (χ2n) is 7.11. The molecule has 0 fully saturated rings. The van der Waals surface area contributed by atoms with E-state index in [-0.39, 0.29) is 22.2 Å². The molecule has 1 atom stereocenters. The number of amides is 3. The lowest BCUT2D eigenvalue weighted by Gasteiger charge is -2.22. The molecule has 9 nitrogen and oxygen atoms in total. The van der Waals surface area contributed by atoms with E-state index in [0.717, 1.165) is 24.1 Å². The van der Waals surface area contributed by atoms with Crippen LogP contribution in [-0.4, -0.2) is 28.7 Å². The van der Waals surface area contributed by atoms with E-state index in [2.05, 4.69) is 16.2 Å². The standard InChI is InChI=1S/C21H23ClN4O5/c1-4-13-5-7-14(8-6-13)19(27)24-25-21(29)18(12(2)3)23-20(28)16-10-9-15(26(30)31)11-17(16)22/h5-12,18H,4H2,1-3H3,(H,23,28)(H,24,27)(H,25,29)/t18-/m0/s1. The van der Waals surface area contributed by atoms with E-state index in [1.165, 1.54) is 6.07 Å². The fourth-order valence-electron chi connectivity index (χ4n) is 2.72. The molecule has 0 spiro atoms. The van der Waals surface area contributed by atoms with E-state index in [4.69, 9.17) is 11.6 Å². The third kappa shape index (κ3) is 6.26. The Kier molecular flexibility index (Phi) is 8.09. The van der Waals surface area contributed by atoms with E-state index in [1.807, 2.05) is 19.1 Å². The number of nitrogens with zero attached hydrogens (tertiary/aromatic N) is 1. The molecule has 0 saturated heterocycles. The number of nitrogens with one attached hydrogen (secondary N) is 3. The Morgan fingerprint density at radius 2 is 1.68 bits per heavy atom. The summed E-state index contributed by atoms with van der Waals surface area (Å²) in [4.78, 5) is 47.5. The quantitative estimate of drug-likeness (QED) is 0.444. The van der Waals surface area contributed by atoms with Crippen molar-refractivity contribution in [3.63, 3.8) is 0 Å². The average Bonchev–Trinajstić information content (AvgIpc) is 2.75. The largest absolute Gasteiger partial charge is 0.340 e. The molecule has 31 heavy (non-hydrogen) atoms. The number of benzene rings is 2. The van der Waals surface area contributed by atoms with Crippen molar-refractivity contribution in [2.24, 2.45) is 5.92 Å². The van der Waals surface area contributed by atoms with Crippen LogP contribution < -0.4 is 16.2 Å². The number of rotatable bonds is 7. The van der Waals surface area contributed by atoms with Gasteiger partial charge in [-0.25, -0.2) is 0 Å². The van der Waals surface area contributed by atoms with Crippen LogP contribution >= 0.6 is 11.6 Å². The van der Waals surface area contributed by atoms with E-state index in [0.29, 0.717) is 5.56 Å². The predicted molar refractivity (Wildman–Crippen MR) is 116 cm³/mol. The summed E-state index contributed by atoms with van der Waals surface area (Å²) in [6.45, 7) is 5.43. The van der Waals surface area contributed by atoms with Crippen LogP contribution in [0.25, 0.3) is 0 Å². The molecular weight excluding hydrogens is 424 g/mol. The number of hydrogen-bond acceptors (Lipinski definition) is 5. The van der Waals surface area contributed by atoms with Crippen LogP contribution in [0, 0.1) is 16.0 Å². The number of hydrazine groups is 1. The van der Waals surface area contributed by atoms with Gasteiger partial charge in [-0.15, -0.1) is 0 Å². The Morgan fingerprint density at radius 1 is 1.03 bits per heavy atom. The minimum atomic E-state index is -0.985. The smallest absolute Gasteiger partial charge is 0.270 e. The maximum atomic E-state index is 12.6. The normalized spacial score (nSPS) is 11.5. The summed E-state index contributed by atoms with van der Waals surface area (Å²) in [6, 6.07) is 9.38. The Labute approximate surface area is 184 Å². The maximum Gasteiger partial charge on any atom is 0.270 e. The first-order chi connectivity index (χ1) is 14.6. The molecule has 0 unspecified atom stereocenters. The summed E-state index contributed by atoms with van der Waals surface area (Å²) in [6.07, 6.45) is 0.840. The van der Waals surface area contributed by atoms with Crippen molar-refractivity contribution < 1.29 is 19.3 Å². The van der Waals surface area contributed by atoms with Gasteiger partial charge in [0.2, 0.25) is 0 Å². The van der Waals surface area contributed by atoms with Gasteiger partial charge in [-0.05, 0) is 36.1 Å². The molecule has 2 rings (SSSR count). The first-order valence-electron chi connectivity index (χ1n) is 9.58. The maximum absolute atomic E-state index is 12.6. The molecule has 3 amide bonds. The van der Waals surface area contributed by atoms with Crippen molar-refractivity contribution in [3.05, 3.63) is 74.3 Å². The molecule has 0 aromatic heterocycles. The third-order valence-electron chi connectivity index (χ3n) is 4.57. The highest BCUT2D eigenvalue weighted by molar-refractivity contribution is 6.34. The van der Waals surface area contributed by atoms with Gasteiger partial charge >= 0.3 is 0 Å². The SMILES string of the molecule is CCc1ccc(C(=O)NNC(=O)[C@@H](NC(=O)c2ccc([N+](=O)[O-])cc2Cl)C(C)C)cc1. The highest BCUT2D eigenvalue weighted by Gasteiger charge is 2.26. The van der Waals surface area contributed by atoms with Crippen LogP contribution in [0.1, 0.15) is 47.1 Å². The zero-order chi connectivity index (χ0) is 23.1. The van der Waals surface area contributed by atoms with E-state index in [1.54, 1.807) is 26.0 Å². The first kappa shape index (κ1) is 23.8. The molecular formula is C21H23ClN4O5. The second-order valence-corrected chi connectivity index (χ2v) is 7.52. The van der Waals surface area contributed by atoms with Crippen molar-refractivity contribution in [1.29, 1.82) is 0 Å². The van der Waals surface area contributed by atoms with Gasteiger partial charge in [-0.2, -0.15) is 0 Å². The van der Waals surface area contributed by atoms with Gasteiger partial charge in [0.05, 0.1) is 15.5 Å². The summed E-state index contributed by atoms with van der Waals surface area (Å²) < 4.78 is 0. The molecule has 164 valence electrons. The zero-order valence-corrected chi connectivity index (χ0v) is 18.0. The van der Waals surface area contributed by atoms with E-state index in [9.17, 15) is 24.5 Å². The number of carbonyl (C=O) groups excluding carboxylic acids is 3. The summed E-state index contributed by atoms with van der Waals surface area (Å²) in [7, 11) is 0. The van der Waals surface area contributed by atoms with Gasteiger partial charge in [-0.1, -0.05) is 44.5 Å². The Bertz CT molecular complexity index is 992. The number of hydrogen-bond donors (Lipinski definition) is 3. The molecule has 0 aliphatic heterocycles. The molecule has 0 aliphatic rings. The number of aryl methyl sites for hydroxylation is 1. The van der Waals surface area contributed by atoms with Crippen molar-refractivity contribution in [2.45, 2.75) is 33.2 Å². The fraction of sp³-hybridized carbons (Fsp3) is 0.286. The van der Waals surface area contributed by atoms with Gasteiger partial charge in [0.25, 0.3) is 23.4 Å². The molecule has 2 aromatic carbocycles. The number of nitro benzene ring substituents is 1. The minimum Gasteiger partial charge on any atom is -0.340 e. The number of non-ortho nitro benzene ring substituents is 1. The average molecular weight is 447 g/mol. The molecule has 0 aliphatic carbocycles. The number of halogens is 1. The zero-order valence-electron chi connectivity index (χ0n) is 17.3. The first-order valence-corrected chi connectivity index (χ1v) is 9.95. The molecule has 0 radical (unpaired) electrons. The highest BCUT2D eigenvalue weighted by atomic mass is 35.5. The predicted octanol–water partition coefficient (Wildman–Crippen LogP) is 3.03. The van der Waals surface area contributed by atoms with Gasteiger partial charge in [-0.3, -0.25) is 35.3 Å². The number of carbonyl (C=O) groups is 3. The van der Waals surface area contributed by atoms with Gasteiger partial charge in [0.1, 0.15) is 6.04 Å². The third-order valence-corrected chi connectivity index (χ3v) is 4.88. The number of nitro groups is 1. The Balaban J connectivity index is 2.04. The van der Waals surface area contributed by atoms with Crippen LogP contribution in [-0.2, 0) is 11.2 Å². The van der Waals surface area contributed by atoms with Gasteiger partial charge < -0.3 is 5.32 Å². The van der Waals surface area contributed by atoms with Crippen LogP contribution in [0.3, 0.4) is 0 Å².